The predicted octanol–water partition coefficient (Wildman–Crippen LogP) is 3.64. The van der Waals surface area contributed by atoms with Gasteiger partial charge in [-0.05, 0) is 39.6 Å². The normalized spacial score (nSPS) is 21.0. The fraction of sp³-hybridized carbons (Fsp3) is 0.409. The van der Waals surface area contributed by atoms with Gasteiger partial charge >= 0.3 is 5.97 Å². The smallest absolute Gasteiger partial charge is 0.321 e. The second kappa shape index (κ2) is 7.12. The predicted molar refractivity (Wildman–Crippen MR) is 103 cm³/mol. The van der Waals surface area contributed by atoms with Crippen LogP contribution in [0.3, 0.4) is 0 Å². The zero-order valence-electron chi connectivity index (χ0n) is 16.0. The number of hydrogen-bond acceptors (Lipinski definition) is 4. The minimum absolute atomic E-state index is 0.214. The molecule has 1 aliphatic heterocycles. The van der Waals surface area contributed by atoms with Crippen molar-refractivity contribution in [3.63, 3.8) is 0 Å². The Morgan fingerprint density at radius 1 is 1.08 bits per heavy atom. The van der Waals surface area contributed by atoms with Crippen LogP contribution in [-0.4, -0.2) is 43.7 Å². The van der Waals surface area contributed by atoms with Crippen molar-refractivity contribution in [2.75, 3.05) is 27.2 Å². The molecule has 3 rings (SSSR count). The third-order valence-corrected chi connectivity index (χ3v) is 4.81. The summed E-state index contributed by atoms with van der Waals surface area (Å²) in [4.78, 5) is 15.5. The molecule has 0 radical (unpaired) electrons. The number of rotatable bonds is 5. The van der Waals surface area contributed by atoms with E-state index in [0.717, 1.165) is 16.9 Å². The van der Waals surface area contributed by atoms with Gasteiger partial charge in [0.15, 0.2) is 0 Å². The van der Waals surface area contributed by atoms with Gasteiger partial charge < -0.3 is 14.4 Å². The molecule has 0 amide bonds. The molecular weight excluding hydrogens is 326 g/mol. The standard InChI is InChI=1S/C22H27NO3/c1-21(2)16-22(17-10-6-5-7-11-17,20(24)25-15-14-23(3)4)18-12-8-9-13-19(18)26-21/h5-13H,14-16H2,1-4H3. The number of carbonyl (C=O) groups is 1. The Bertz CT molecular complexity index is 770. The van der Waals surface area contributed by atoms with Gasteiger partial charge in [0.1, 0.15) is 23.4 Å². The number of para-hydroxylation sites is 1. The lowest BCUT2D eigenvalue weighted by Crippen LogP contribution is -2.50. The molecule has 0 fully saturated rings. The number of carbonyl (C=O) groups excluding carboxylic acids is 1. The Kier molecular flexibility index (Phi) is 5.05. The fourth-order valence-corrected chi connectivity index (χ4v) is 3.70. The number of hydrogen-bond donors (Lipinski definition) is 0. The van der Waals surface area contributed by atoms with Crippen LogP contribution in [0.15, 0.2) is 54.6 Å². The third-order valence-electron chi connectivity index (χ3n) is 4.81. The summed E-state index contributed by atoms with van der Waals surface area (Å²) in [5.41, 5.74) is 0.468. The van der Waals surface area contributed by atoms with Gasteiger partial charge in [0, 0.05) is 18.5 Å². The molecule has 2 aromatic rings. The van der Waals surface area contributed by atoms with E-state index in [1.54, 1.807) is 0 Å². The van der Waals surface area contributed by atoms with Gasteiger partial charge in [0.2, 0.25) is 0 Å². The highest BCUT2D eigenvalue weighted by molar-refractivity contribution is 5.89. The average molecular weight is 353 g/mol. The molecule has 1 heterocycles. The van der Waals surface area contributed by atoms with Crippen LogP contribution in [0.4, 0.5) is 0 Å². The number of fused-ring (bicyclic) bond motifs is 1. The first-order valence-electron chi connectivity index (χ1n) is 9.01. The van der Waals surface area contributed by atoms with Gasteiger partial charge in [0.25, 0.3) is 0 Å². The van der Waals surface area contributed by atoms with Crippen LogP contribution < -0.4 is 4.74 Å². The molecule has 1 unspecified atom stereocenters. The Morgan fingerprint density at radius 2 is 1.73 bits per heavy atom. The monoisotopic (exact) mass is 353 g/mol. The van der Waals surface area contributed by atoms with E-state index >= 15 is 0 Å². The number of esters is 1. The summed E-state index contributed by atoms with van der Waals surface area (Å²) >= 11 is 0. The van der Waals surface area contributed by atoms with Gasteiger partial charge in [-0.3, -0.25) is 4.79 Å². The van der Waals surface area contributed by atoms with E-state index in [-0.39, 0.29) is 5.97 Å². The van der Waals surface area contributed by atoms with Crippen LogP contribution >= 0.6 is 0 Å². The maximum Gasteiger partial charge on any atom is 0.321 e. The maximum absolute atomic E-state index is 13.5. The van der Waals surface area contributed by atoms with Crippen LogP contribution in [0, 0.1) is 0 Å². The molecule has 0 aliphatic carbocycles. The van der Waals surface area contributed by atoms with E-state index in [1.807, 2.05) is 87.4 Å². The van der Waals surface area contributed by atoms with Crippen molar-refractivity contribution in [2.45, 2.75) is 31.3 Å². The molecule has 0 aromatic heterocycles. The first-order valence-corrected chi connectivity index (χ1v) is 9.01. The largest absolute Gasteiger partial charge is 0.487 e. The third kappa shape index (κ3) is 3.47. The van der Waals surface area contributed by atoms with E-state index in [1.165, 1.54) is 0 Å². The van der Waals surface area contributed by atoms with E-state index in [0.29, 0.717) is 19.6 Å². The van der Waals surface area contributed by atoms with E-state index in [4.69, 9.17) is 9.47 Å². The van der Waals surface area contributed by atoms with E-state index in [2.05, 4.69) is 0 Å². The molecule has 1 aliphatic rings. The van der Waals surface area contributed by atoms with Gasteiger partial charge in [-0.2, -0.15) is 0 Å². The molecule has 4 heteroatoms. The summed E-state index contributed by atoms with van der Waals surface area (Å²) < 4.78 is 11.9. The molecule has 0 saturated heterocycles. The van der Waals surface area contributed by atoms with Crippen LogP contribution in [-0.2, 0) is 14.9 Å². The number of likely N-dealkylation sites (N-methyl/N-ethyl adjacent to an activating group) is 1. The number of benzene rings is 2. The second-order valence-electron chi connectivity index (χ2n) is 7.75. The first kappa shape index (κ1) is 18.5. The lowest BCUT2D eigenvalue weighted by Gasteiger charge is -2.44. The van der Waals surface area contributed by atoms with E-state index < -0.39 is 11.0 Å². The summed E-state index contributed by atoms with van der Waals surface area (Å²) in [6.45, 7) is 5.10. The molecule has 138 valence electrons. The van der Waals surface area contributed by atoms with Crippen molar-refractivity contribution in [1.29, 1.82) is 0 Å². The second-order valence-corrected chi connectivity index (χ2v) is 7.75. The fourth-order valence-electron chi connectivity index (χ4n) is 3.70. The number of ether oxygens (including phenoxy) is 2. The SMILES string of the molecule is CN(C)CCOC(=O)C1(c2ccccc2)CC(C)(C)Oc2ccccc21. The molecular formula is C22H27NO3. The molecule has 1 atom stereocenters. The summed E-state index contributed by atoms with van der Waals surface area (Å²) in [6.07, 6.45) is 0.530. The van der Waals surface area contributed by atoms with Crippen LogP contribution in [0.5, 0.6) is 5.75 Å². The maximum atomic E-state index is 13.5. The zero-order valence-corrected chi connectivity index (χ0v) is 16.0. The molecule has 0 saturated carbocycles. The highest BCUT2D eigenvalue weighted by Gasteiger charge is 2.52. The quantitative estimate of drug-likeness (QED) is 0.770. The molecule has 0 bridgehead atoms. The van der Waals surface area contributed by atoms with Crippen molar-refractivity contribution in [3.05, 3.63) is 65.7 Å². The van der Waals surface area contributed by atoms with Crippen LogP contribution in [0.25, 0.3) is 0 Å². The molecule has 0 N–H and O–H groups in total. The van der Waals surface area contributed by atoms with Crippen molar-refractivity contribution in [2.24, 2.45) is 0 Å². The topological polar surface area (TPSA) is 38.8 Å². The Morgan fingerprint density at radius 3 is 2.42 bits per heavy atom. The van der Waals surface area contributed by atoms with Gasteiger partial charge in [-0.25, -0.2) is 0 Å². The Labute approximate surface area is 155 Å². The highest BCUT2D eigenvalue weighted by Crippen LogP contribution is 2.49. The minimum Gasteiger partial charge on any atom is -0.487 e. The average Bonchev–Trinajstić information content (AvgIpc) is 2.60. The summed E-state index contributed by atoms with van der Waals surface area (Å²) in [5.74, 6) is 0.534. The van der Waals surface area contributed by atoms with E-state index in [9.17, 15) is 4.79 Å². The Balaban J connectivity index is 2.11. The van der Waals surface area contributed by atoms with Crippen LogP contribution in [0.2, 0.25) is 0 Å². The lowest BCUT2D eigenvalue weighted by molar-refractivity contribution is -0.152. The van der Waals surface area contributed by atoms with Crippen molar-refractivity contribution in [1.82, 2.24) is 4.90 Å². The summed E-state index contributed by atoms with van der Waals surface area (Å²) in [5, 5.41) is 0. The minimum atomic E-state index is -0.869. The summed E-state index contributed by atoms with van der Waals surface area (Å²) in [6, 6.07) is 17.7. The van der Waals surface area contributed by atoms with Crippen molar-refractivity contribution >= 4 is 5.97 Å². The summed E-state index contributed by atoms with van der Waals surface area (Å²) in [7, 11) is 3.93. The molecule has 26 heavy (non-hydrogen) atoms. The molecule has 2 aromatic carbocycles. The van der Waals surface area contributed by atoms with Crippen molar-refractivity contribution in [3.8, 4) is 5.75 Å². The number of nitrogens with zero attached hydrogens (tertiary/aromatic N) is 1. The molecule has 0 spiro atoms. The Hall–Kier alpha value is -2.33. The van der Waals surface area contributed by atoms with Gasteiger partial charge in [-0.15, -0.1) is 0 Å². The first-order chi connectivity index (χ1) is 12.3. The molecule has 4 nitrogen and oxygen atoms in total. The highest BCUT2D eigenvalue weighted by atomic mass is 16.5. The van der Waals surface area contributed by atoms with Crippen molar-refractivity contribution < 1.29 is 14.3 Å². The lowest BCUT2D eigenvalue weighted by atomic mass is 9.66. The van der Waals surface area contributed by atoms with Crippen LogP contribution in [0.1, 0.15) is 31.4 Å². The van der Waals surface area contributed by atoms with Gasteiger partial charge in [-0.1, -0.05) is 48.5 Å². The van der Waals surface area contributed by atoms with Gasteiger partial charge in [0.05, 0.1) is 0 Å². The zero-order chi connectivity index (χ0) is 18.8.